The number of amides is 1. The van der Waals surface area contributed by atoms with Crippen molar-refractivity contribution >= 4 is 20.4 Å². The molecule has 0 spiro atoms. The summed E-state index contributed by atoms with van der Waals surface area (Å²) in [5.74, 6) is -0.492. The topological polar surface area (TPSA) is 73.9 Å². The zero-order valence-corrected chi connectivity index (χ0v) is 20.4. The molecule has 0 aliphatic heterocycles. The van der Waals surface area contributed by atoms with Gasteiger partial charge in [0.25, 0.3) is 0 Å². The fourth-order valence-electron chi connectivity index (χ4n) is 3.34. The molecule has 1 N–H and O–H groups in total. The van der Waals surface area contributed by atoms with Gasteiger partial charge in [0.2, 0.25) is 8.32 Å². The minimum atomic E-state index is -2.37. The van der Waals surface area contributed by atoms with E-state index in [9.17, 15) is 9.59 Å². The first kappa shape index (κ1) is 25.9. The van der Waals surface area contributed by atoms with Crippen LogP contribution in [0.2, 0.25) is 17.1 Å². The van der Waals surface area contributed by atoms with Crippen molar-refractivity contribution in [1.29, 1.82) is 0 Å². The zero-order chi connectivity index (χ0) is 22.7. The van der Waals surface area contributed by atoms with Crippen molar-refractivity contribution in [1.82, 2.24) is 5.32 Å². The van der Waals surface area contributed by atoms with E-state index in [4.69, 9.17) is 13.9 Å². The molecule has 1 atom stereocenters. The highest BCUT2D eigenvalue weighted by molar-refractivity contribution is 6.77. The van der Waals surface area contributed by atoms with Crippen LogP contribution in [0.3, 0.4) is 0 Å². The van der Waals surface area contributed by atoms with Gasteiger partial charge in [0.1, 0.15) is 6.61 Å². The Labute approximate surface area is 182 Å². The SMILES string of the molecule is COC(=O)[C@H](CNC(=O)OCc1ccccc1)O[Si](CC=C(C)C)(C(C)C)C(C)C. The number of carbonyl (C=O) groups excluding carboxylic acids is 2. The summed E-state index contributed by atoms with van der Waals surface area (Å²) in [4.78, 5) is 24.6. The number of alkyl carbamates (subject to hydrolysis) is 1. The number of ether oxygens (including phenoxy) is 2. The monoisotopic (exact) mass is 435 g/mol. The Morgan fingerprint density at radius 1 is 1.07 bits per heavy atom. The van der Waals surface area contributed by atoms with Gasteiger partial charge >= 0.3 is 12.1 Å². The van der Waals surface area contributed by atoms with Crippen LogP contribution < -0.4 is 5.32 Å². The lowest BCUT2D eigenvalue weighted by Crippen LogP contribution is -2.52. The fraction of sp³-hybridized carbons (Fsp3) is 0.565. The Bertz CT molecular complexity index is 691. The van der Waals surface area contributed by atoms with Crippen LogP contribution in [0.4, 0.5) is 4.79 Å². The molecule has 0 aliphatic rings. The van der Waals surface area contributed by atoms with Gasteiger partial charge in [-0.1, -0.05) is 69.7 Å². The van der Waals surface area contributed by atoms with Crippen molar-refractivity contribution in [2.75, 3.05) is 13.7 Å². The molecule has 6 nitrogen and oxygen atoms in total. The van der Waals surface area contributed by atoms with Gasteiger partial charge in [0.15, 0.2) is 6.10 Å². The lowest BCUT2D eigenvalue weighted by molar-refractivity contribution is -0.149. The molecular formula is C23H37NO5Si. The van der Waals surface area contributed by atoms with Crippen LogP contribution in [0.5, 0.6) is 0 Å². The molecule has 7 heteroatoms. The highest BCUT2D eigenvalue weighted by atomic mass is 28.4. The van der Waals surface area contributed by atoms with E-state index < -0.39 is 26.5 Å². The fourth-order valence-corrected chi connectivity index (χ4v) is 7.69. The second-order valence-corrected chi connectivity index (χ2v) is 13.2. The molecule has 0 unspecified atom stereocenters. The average Bonchev–Trinajstić information content (AvgIpc) is 2.71. The second-order valence-electron chi connectivity index (χ2n) is 8.32. The van der Waals surface area contributed by atoms with Gasteiger partial charge in [-0.3, -0.25) is 0 Å². The number of hydrogen-bond acceptors (Lipinski definition) is 5. The molecule has 1 aromatic carbocycles. The molecule has 0 radical (unpaired) electrons. The number of benzene rings is 1. The molecule has 0 saturated heterocycles. The zero-order valence-electron chi connectivity index (χ0n) is 19.4. The van der Waals surface area contributed by atoms with E-state index >= 15 is 0 Å². The molecule has 0 saturated carbocycles. The lowest BCUT2D eigenvalue weighted by Gasteiger charge is -2.40. The van der Waals surface area contributed by atoms with Gasteiger partial charge in [0, 0.05) is 0 Å². The second kappa shape index (κ2) is 12.5. The van der Waals surface area contributed by atoms with Gasteiger partial charge in [-0.15, -0.1) is 0 Å². The highest BCUT2D eigenvalue weighted by Gasteiger charge is 2.44. The number of rotatable bonds is 11. The van der Waals surface area contributed by atoms with E-state index in [0.29, 0.717) is 0 Å². The first-order valence-electron chi connectivity index (χ1n) is 10.5. The largest absolute Gasteiger partial charge is 0.467 e. The molecular weight excluding hydrogens is 398 g/mol. The minimum absolute atomic E-state index is 0.00328. The van der Waals surface area contributed by atoms with Crippen molar-refractivity contribution in [3.63, 3.8) is 0 Å². The molecule has 0 fully saturated rings. The summed E-state index contributed by atoms with van der Waals surface area (Å²) in [6.07, 6.45) is 0.714. The summed E-state index contributed by atoms with van der Waals surface area (Å²) in [6.45, 7) is 12.8. The minimum Gasteiger partial charge on any atom is -0.467 e. The van der Waals surface area contributed by atoms with E-state index in [-0.39, 0.29) is 24.2 Å². The number of allylic oxidation sites excluding steroid dienone is 2. The molecule has 0 bridgehead atoms. The molecule has 30 heavy (non-hydrogen) atoms. The summed E-state index contributed by atoms with van der Waals surface area (Å²) in [5.41, 5.74) is 2.67. The lowest BCUT2D eigenvalue weighted by atomic mass is 10.2. The van der Waals surface area contributed by atoms with Crippen LogP contribution in [-0.4, -0.2) is 40.1 Å². The third-order valence-electron chi connectivity index (χ3n) is 5.25. The molecule has 1 amide bonds. The maximum absolute atomic E-state index is 12.4. The molecule has 0 heterocycles. The van der Waals surface area contributed by atoms with Gasteiger partial charge in [-0.25, -0.2) is 9.59 Å². The summed E-state index contributed by atoms with van der Waals surface area (Å²) in [5, 5.41) is 2.65. The van der Waals surface area contributed by atoms with Gasteiger partial charge in [-0.2, -0.15) is 0 Å². The Kier molecular flexibility index (Phi) is 10.8. The molecule has 0 aliphatic carbocycles. The van der Waals surface area contributed by atoms with E-state index in [0.717, 1.165) is 11.6 Å². The van der Waals surface area contributed by atoms with Crippen LogP contribution in [0.1, 0.15) is 47.1 Å². The van der Waals surface area contributed by atoms with Crippen LogP contribution >= 0.6 is 0 Å². The summed E-state index contributed by atoms with van der Waals surface area (Å²) < 4.78 is 16.7. The van der Waals surface area contributed by atoms with Crippen molar-refractivity contribution in [3.05, 3.63) is 47.5 Å². The van der Waals surface area contributed by atoms with E-state index in [1.54, 1.807) is 0 Å². The van der Waals surface area contributed by atoms with Crippen LogP contribution in [-0.2, 0) is 25.3 Å². The first-order valence-corrected chi connectivity index (χ1v) is 12.7. The maximum atomic E-state index is 12.4. The van der Waals surface area contributed by atoms with Crippen molar-refractivity contribution in [2.24, 2.45) is 0 Å². The number of carbonyl (C=O) groups is 2. The standard InChI is InChI=1S/C23H37NO5Si/c1-17(2)13-14-30(18(3)4,19(5)6)29-21(22(25)27-7)15-24-23(26)28-16-20-11-9-8-10-12-20/h8-13,18-19,21H,14-16H2,1-7H3,(H,24,26)/t21-/m0/s1. The smallest absolute Gasteiger partial charge is 0.407 e. The normalized spacial score (nSPS) is 12.4. The Morgan fingerprint density at radius 3 is 2.17 bits per heavy atom. The summed E-state index contributed by atoms with van der Waals surface area (Å²) >= 11 is 0. The summed E-state index contributed by atoms with van der Waals surface area (Å²) in [6, 6.07) is 10.2. The predicted molar refractivity (Wildman–Crippen MR) is 122 cm³/mol. The molecule has 168 valence electrons. The molecule has 1 aromatic rings. The van der Waals surface area contributed by atoms with Gasteiger partial charge in [-0.05, 0) is 36.5 Å². The Hall–Kier alpha value is -2.12. The third-order valence-corrected chi connectivity index (χ3v) is 10.7. The number of esters is 1. The van der Waals surface area contributed by atoms with Crippen molar-refractivity contribution in [3.8, 4) is 0 Å². The van der Waals surface area contributed by atoms with Gasteiger partial charge in [0.05, 0.1) is 13.7 Å². The molecule has 0 aromatic heterocycles. The maximum Gasteiger partial charge on any atom is 0.407 e. The van der Waals surface area contributed by atoms with Crippen molar-refractivity contribution in [2.45, 2.75) is 71.4 Å². The van der Waals surface area contributed by atoms with Crippen LogP contribution in [0.15, 0.2) is 42.0 Å². The number of nitrogens with one attached hydrogen (secondary N) is 1. The van der Waals surface area contributed by atoms with Crippen LogP contribution in [0, 0.1) is 0 Å². The van der Waals surface area contributed by atoms with Crippen LogP contribution in [0.25, 0.3) is 0 Å². The highest BCUT2D eigenvalue weighted by Crippen LogP contribution is 2.38. The number of methoxy groups -OCH3 is 1. The first-order chi connectivity index (χ1) is 14.1. The van der Waals surface area contributed by atoms with Gasteiger partial charge < -0.3 is 19.2 Å². The quantitative estimate of drug-likeness (QED) is 0.294. The Morgan fingerprint density at radius 2 is 1.67 bits per heavy atom. The van der Waals surface area contributed by atoms with Crippen molar-refractivity contribution < 1.29 is 23.5 Å². The van der Waals surface area contributed by atoms with E-state index in [1.165, 1.54) is 12.7 Å². The van der Waals surface area contributed by atoms with E-state index in [2.05, 4.69) is 52.9 Å². The Balaban J connectivity index is 2.86. The molecule has 1 rings (SSSR count). The third kappa shape index (κ3) is 7.95. The predicted octanol–water partition coefficient (Wildman–Crippen LogP) is 5.20. The van der Waals surface area contributed by atoms with E-state index in [1.807, 2.05) is 30.3 Å². The summed E-state index contributed by atoms with van der Waals surface area (Å²) in [7, 11) is -1.04. The number of hydrogen-bond donors (Lipinski definition) is 1. The average molecular weight is 436 g/mol.